The molecule has 0 aliphatic carbocycles. The third-order valence-electron chi connectivity index (χ3n) is 13.6. The van der Waals surface area contributed by atoms with Gasteiger partial charge in [0.25, 0.3) is 5.69 Å². The zero-order valence-corrected chi connectivity index (χ0v) is 43.2. The Bertz CT molecular complexity index is 3580. The fraction of sp³-hybridized carbons (Fsp3) is 0.200. The van der Waals surface area contributed by atoms with Crippen LogP contribution in [0.2, 0.25) is 0 Å². The summed E-state index contributed by atoms with van der Waals surface area (Å²) in [6.07, 6.45) is 8.16. The van der Waals surface area contributed by atoms with Crippen molar-refractivity contribution in [3.63, 3.8) is 0 Å². The molecule has 0 spiro atoms. The molecule has 7 nitrogen and oxygen atoms in total. The van der Waals surface area contributed by atoms with Gasteiger partial charge in [0.15, 0.2) is 0 Å². The topological polar surface area (TPSA) is 100 Å². The van der Waals surface area contributed by atoms with Gasteiger partial charge in [-0.15, -0.1) is 0 Å². The third-order valence-corrected chi connectivity index (χ3v) is 15.5. The number of aromatic nitrogens is 4. The molecule has 0 radical (unpaired) electrons. The van der Waals surface area contributed by atoms with Crippen LogP contribution in [0.1, 0.15) is 124 Å². The highest BCUT2D eigenvalue weighted by molar-refractivity contribution is 9.13. The molecule has 2 aliphatic rings. The minimum atomic E-state index is -0.290. The highest BCUT2D eigenvalue weighted by Crippen LogP contribution is 2.45. The molecule has 0 amide bonds. The molecule has 5 aromatic carbocycles. The summed E-state index contributed by atoms with van der Waals surface area (Å²) in [5, 5.41) is 15.5. The lowest BCUT2D eigenvalue weighted by Gasteiger charge is -2.10. The normalized spacial score (nSPS) is 12.4. The van der Waals surface area contributed by atoms with E-state index in [0.29, 0.717) is 51.7 Å². The molecule has 2 N–H and O–H groups in total. The first-order valence-electron chi connectivity index (χ1n) is 23.7. The lowest BCUT2D eigenvalue weighted by atomic mass is 9.96. The van der Waals surface area contributed by atoms with E-state index < -0.39 is 0 Å². The van der Waals surface area contributed by atoms with Gasteiger partial charge in [0, 0.05) is 48.0 Å². The van der Waals surface area contributed by atoms with Crippen LogP contribution >= 0.6 is 31.9 Å². The fourth-order valence-corrected chi connectivity index (χ4v) is 10.3. The average molecular weight is 1040 g/mol. The second kappa shape index (κ2) is 18.3. The van der Waals surface area contributed by atoms with Gasteiger partial charge in [0.05, 0.1) is 44.2 Å². The molecule has 5 heterocycles. The summed E-state index contributed by atoms with van der Waals surface area (Å²) >= 11 is 7.77. The Labute approximate surface area is 419 Å². The van der Waals surface area contributed by atoms with E-state index in [0.717, 1.165) is 81.1 Å². The molecule has 10 rings (SSSR count). The first-order chi connectivity index (χ1) is 33.1. The molecule has 2 aliphatic heterocycles. The number of nitro groups is 1. The number of aromatic amines is 2. The Kier molecular flexibility index (Phi) is 12.2. The maximum absolute atomic E-state index is 13.5. The molecule has 9 heteroatoms. The number of hydrogen-bond acceptors (Lipinski definition) is 4. The van der Waals surface area contributed by atoms with Crippen molar-refractivity contribution in [1.29, 1.82) is 0 Å². The molecule has 0 saturated carbocycles. The van der Waals surface area contributed by atoms with E-state index in [1.165, 1.54) is 22.3 Å². The zero-order chi connectivity index (χ0) is 48.4. The van der Waals surface area contributed by atoms with E-state index in [4.69, 9.17) is 9.97 Å². The van der Waals surface area contributed by atoms with Crippen molar-refractivity contribution in [2.24, 2.45) is 0 Å². The van der Waals surface area contributed by atoms with Gasteiger partial charge in [-0.05, 0) is 136 Å². The number of benzene rings is 5. The number of fused-ring (bicyclic) bond motifs is 11. The Morgan fingerprint density at radius 1 is 0.435 bits per heavy atom. The monoisotopic (exact) mass is 1030 g/mol. The van der Waals surface area contributed by atoms with Crippen molar-refractivity contribution in [3.05, 3.63) is 179 Å². The second-order valence-corrected chi connectivity index (χ2v) is 21.1. The van der Waals surface area contributed by atoms with Crippen LogP contribution in [0.3, 0.4) is 0 Å². The minimum absolute atomic E-state index is 0.0501. The van der Waals surface area contributed by atoms with Gasteiger partial charge in [0.2, 0.25) is 0 Å². The zero-order valence-electron chi connectivity index (χ0n) is 40.0. The van der Waals surface area contributed by atoms with E-state index in [1.807, 2.05) is 18.2 Å². The van der Waals surface area contributed by atoms with Crippen LogP contribution in [0.15, 0.2) is 124 Å². The predicted molar refractivity (Wildman–Crippen MR) is 297 cm³/mol. The summed E-state index contributed by atoms with van der Waals surface area (Å²) in [5.41, 5.74) is 17.2. The lowest BCUT2D eigenvalue weighted by Crippen LogP contribution is -1.93. The van der Waals surface area contributed by atoms with E-state index in [2.05, 4.69) is 212 Å². The number of nitrogens with one attached hydrogen (secondary N) is 2. The molecule has 0 atom stereocenters. The van der Waals surface area contributed by atoms with Gasteiger partial charge < -0.3 is 9.97 Å². The highest BCUT2D eigenvalue weighted by Gasteiger charge is 2.26. The first-order valence-corrected chi connectivity index (χ1v) is 25.3. The molecule has 344 valence electrons. The molecule has 8 bridgehead atoms. The summed E-state index contributed by atoms with van der Waals surface area (Å²) in [4.78, 5) is 31.9. The molecule has 0 fully saturated rings. The number of H-pyrrole nitrogens is 2. The molecule has 0 unspecified atom stereocenters. The van der Waals surface area contributed by atoms with Gasteiger partial charge >= 0.3 is 0 Å². The fourth-order valence-electron chi connectivity index (χ4n) is 9.65. The SMILES string of the molecule is CC(C)c1ccc(-c2c3nc(c(-c4ccc(C(C)C)cc4)c4[nH]c(c(-c5ccc(C(C)C)cc5)c5nc(c(-c6ccc(C(C)C)cc6)c6[nH]c2cc6[N+](=O)[O-])C=C5)c2cc(Br)c(Br)cc42)C=C3)cc1. The number of nitrogens with zero attached hydrogens (tertiary/aromatic N) is 3. The Hall–Kier alpha value is -6.68. The van der Waals surface area contributed by atoms with Crippen molar-refractivity contribution in [3.8, 4) is 44.5 Å². The van der Waals surface area contributed by atoms with E-state index in [-0.39, 0.29) is 10.6 Å². The van der Waals surface area contributed by atoms with Gasteiger partial charge in [0.1, 0.15) is 5.52 Å². The number of halogens is 2. The molecular weight excluding hydrogens is 983 g/mol. The van der Waals surface area contributed by atoms with Crippen molar-refractivity contribution >= 4 is 94.7 Å². The maximum Gasteiger partial charge on any atom is 0.295 e. The van der Waals surface area contributed by atoms with E-state index >= 15 is 0 Å². The quantitative estimate of drug-likeness (QED) is 0.111. The van der Waals surface area contributed by atoms with Crippen LogP contribution in [0.4, 0.5) is 5.69 Å². The van der Waals surface area contributed by atoms with Crippen molar-refractivity contribution in [2.45, 2.75) is 79.1 Å². The maximum atomic E-state index is 13.5. The molecule has 3 aromatic heterocycles. The van der Waals surface area contributed by atoms with Crippen molar-refractivity contribution in [2.75, 3.05) is 0 Å². The van der Waals surface area contributed by atoms with Gasteiger partial charge in [-0.3, -0.25) is 10.1 Å². The predicted octanol–water partition coefficient (Wildman–Crippen LogP) is 18.4. The average Bonchev–Trinajstić information content (AvgIpc) is 4.16. The van der Waals surface area contributed by atoms with Crippen LogP contribution in [0.25, 0.3) is 102 Å². The molecular formula is C60H53Br2N5O2. The van der Waals surface area contributed by atoms with Crippen LogP contribution in [-0.2, 0) is 0 Å². The Morgan fingerprint density at radius 3 is 1.06 bits per heavy atom. The van der Waals surface area contributed by atoms with Gasteiger partial charge in [-0.1, -0.05) is 152 Å². The lowest BCUT2D eigenvalue weighted by molar-refractivity contribution is -0.382. The number of hydrogen-bond donors (Lipinski definition) is 2. The molecule has 0 saturated heterocycles. The highest BCUT2D eigenvalue weighted by atomic mass is 79.9. The summed E-state index contributed by atoms with van der Waals surface area (Å²) in [7, 11) is 0. The van der Waals surface area contributed by atoms with Crippen LogP contribution < -0.4 is 0 Å². The van der Waals surface area contributed by atoms with Crippen LogP contribution in [-0.4, -0.2) is 24.9 Å². The van der Waals surface area contributed by atoms with E-state index in [9.17, 15) is 10.1 Å². The standard InChI is InChI=1S/C60H53Br2N5O2/c1-32(2)36-9-17-40(18-10-36)54-48-25-26-49(63-48)55(41-19-11-37(12-20-41)33(3)4)58-44-29-46(61)47(62)30-45(44)59(66-58)56(42-21-13-38(14-22-42)34(5)6)50-27-28-51(64-50)57(43-23-15-39(16-24-43)35(7)8)60-53(67(68)69)31-52(54)65-60/h9-35,65-66H,1-8H3. The summed E-state index contributed by atoms with van der Waals surface area (Å²) in [5.74, 6) is 1.31. The third kappa shape index (κ3) is 8.50. The summed E-state index contributed by atoms with van der Waals surface area (Å²) in [6.45, 7) is 17.5. The summed E-state index contributed by atoms with van der Waals surface area (Å²) in [6, 6.07) is 40.4. The van der Waals surface area contributed by atoms with Crippen molar-refractivity contribution in [1.82, 2.24) is 19.9 Å². The molecule has 69 heavy (non-hydrogen) atoms. The molecule has 8 aromatic rings. The van der Waals surface area contributed by atoms with Crippen LogP contribution in [0, 0.1) is 10.1 Å². The largest absolute Gasteiger partial charge is 0.353 e. The van der Waals surface area contributed by atoms with Crippen molar-refractivity contribution < 1.29 is 4.92 Å². The summed E-state index contributed by atoms with van der Waals surface area (Å²) < 4.78 is 1.83. The Morgan fingerprint density at radius 2 is 0.739 bits per heavy atom. The first kappa shape index (κ1) is 46.1. The van der Waals surface area contributed by atoms with Gasteiger partial charge in [-0.25, -0.2) is 9.97 Å². The number of rotatable bonds is 9. The Balaban J connectivity index is 1.47. The van der Waals surface area contributed by atoms with E-state index in [1.54, 1.807) is 6.07 Å². The smallest absolute Gasteiger partial charge is 0.295 e. The van der Waals surface area contributed by atoms with Crippen LogP contribution in [0.5, 0.6) is 0 Å². The minimum Gasteiger partial charge on any atom is -0.353 e. The second-order valence-electron chi connectivity index (χ2n) is 19.4. The van der Waals surface area contributed by atoms with Gasteiger partial charge in [-0.2, -0.15) is 0 Å².